The molecule has 2 atom stereocenters. The Balaban J connectivity index is 2.19. The van der Waals surface area contributed by atoms with Crippen molar-refractivity contribution < 1.29 is 23.9 Å². The second kappa shape index (κ2) is 11.0. The van der Waals surface area contributed by atoms with E-state index >= 15 is 0 Å². The number of esters is 1. The van der Waals surface area contributed by atoms with E-state index in [-0.39, 0.29) is 13.0 Å². The normalized spacial score (nSPS) is 13.4. The van der Waals surface area contributed by atoms with Crippen LogP contribution < -0.4 is 10.6 Å². The summed E-state index contributed by atoms with van der Waals surface area (Å²) in [5.41, 5.74) is 0.405. The van der Waals surface area contributed by atoms with Crippen LogP contribution in [-0.2, 0) is 32.1 Å². The first-order valence-electron chi connectivity index (χ1n) is 9.81. The summed E-state index contributed by atoms with van der Waals surface area (Å²) in [5, 5.41) is 5.37. The third-order valence-corrected chi connectivity index (χ3v) is 4.84. The largest absolute Gasteiger partial charge is 0.467 e. The second-order valence-corrected chi connectivity index (χ2v) is 7.00. The fourth-order valence-electron chi connectivity index (χ4n) is 3.02. The highest BCUT2D eigenvalue weighted by molar-refractivity contribution is 5.93. The minimum absolute atomic E-state index is 0.0813. The van der Waals surface area contributed by atoms with Crippen molar-refractivity contribution >= 4 is 18.0 Å². The highest BCUT2D eigenvalue weighted by Gasteiger charge is 2.40. The smallest absolute Gasteiger partial charge is 0.408 e. The lowest BCUT2D eigenvalue weighted by atomic mass is 9.87. The monoisotopic (exact) mass is 412 g/mol. The zero-order chi connectivity index (χ0) is 22.0. The van der Waals surface area contributed by atoms with Gasteiger partial charge in [-0.05, 0) is 24.5 Å². The Morgan fingerprint density at radius 3 is 2.07 bits per heavy atom. The first kappa shape index (κ1) is 22.9. The number of carbonyl (C=O) groups excluding carboxylic acids is 3. The number of alkyl carbamates (subject to hydrolysis) is 1. The predicted octanol–water partition coefficient (Wildman–Crippen LogP) is 2.98. The molecular formula is C23H28N2O5. The Bertz CT molecular complexity index is 841. The van der Waals surface area contributed by atoms with Crippen LogP contribution in [0.5, 0.6) is 0 Å². The van der Waals surface area contributed by atoms with Gasteiger partial charge in [0, 0.05) is 6.42 Å². The first-order chi connectivity index (χ1) is 14.4. The number of ether oxygens (including phenoxy) is 2. The summed E-state index contributed by atoms with van der Waals surface area (Å²) in [5.74, 6) is -1.05. The molecule has 0 aliphatic rings. The maximum atomic E-state index is 13.2. The third-order valence-electron chi connectivity index (χ3n) is 4.84. The Hall–Kier alpha value is -3.35. The van der Waals surface area contributed by atoms with E-state index in [0.29, 0.717) is 6.42 Å². The third kappa shape index (κ3) is 6.34. The maximum absolute atomic E-state index is 13.2. The second-order valence-electron chi connectivity index (χ2n) is 7.00. The molecule has 0 saturated heterocycles. The Morgan fingerprint density at radius 1 is 0.967 bits per heavy atom. The lowest BCUT2D eigenvalue weighted by Crippen LogP contribution is -2.61. The van der Waals surface area contributed by atoms with Crippen molar-refractivity contribution in [3.8, 4) is 0 Å². The Kier molecular flexibility index (Phi) is 8.41. The molecule has 2 N–H and O–H groups in total. The SMILES string of the molecule is CC[C@](Cc1ccccc1)(NC(=O)OCc1ccccc1)C(=O)N[C@@H](C)C(=O)OC. The van der Waals surface area contributed by atoms with E-state index in [1.54, 1.807) is 6.92 Å². The molecule has 0 spiro atoms. The topological polar surface area (TPSA) is 93.7 Å². The molecule has 0 aliphatic heterocycles. The number of methoxy groups -OCH3 is 1. The number of hydrogen-bond acceptors (Lipinski definition) is 5. The first-order valence-corrected chi connectivity index (χ1v) is 9.81. The summed E-state index contributed by atoms with van der Waals surface area (Å²) in [6, 6.07) is 17.7. The van der Waals surface area contributed by atoms with Crippen LogP contribution >= 0.6 is 0 Å². The fraction of sp³-hybridized carbons (Fsp3) is 0.348. The van der Waals surface area contributed by atoms with Crippen molar-refractivity contribution in [2.24, 2.45) is 0 Å². The summed E-state index contributed by atoms with van der Waals surface area (Å²) in [7, 11) is 1.25. The molecule has 2 aromatic rings. The summed E-state index contributed by atoms with van der Waals surface area (Å²) in [6.45, 7) is 3.40. The van der Waals surface area contributed by atoms with E-state index in [4.69, 9.17) is 4.74 Å². The molecule has 7 nitrogen and oxygen atoms in total. The van der Waals surface area contributed by atoms with Crippen LogP contribution in [0.25, 0.3) is 0 Å². The van der Waals surface area contributed by atoms with E-state index in [1.165, 1.54) is 14.0 Å². The van der Waals surface area contributed by atoms with Crippen molar-refractivity contribution in [1.29, 1.82) is 0 Å². The van der Waals surface area contributed by atoms with Crippen molar-refractivity contribution in [3.05, 3.63) is 71.8 Å². The quantitative estimate of drug-likeness (QED) is 0.618. The van der Waals surface area contributed by atoms with E-state index < -0.39 is 29.6 Å². The van der Waals surface area contributed by atoms with Gasteiger partial charge in [0.15, 0.2) is 0 Å². The molecule has 7 heteroatoms. The number of amides is 2. The van der Waals surface area contributed by atoms with Crippen LogP contribution in [0.2, 0.25) is 0 Å². The average Bonchev–Trinajstić information content (AvgIpc) is 2.77. The molecule has 0 fully saturated rings. The summed E-state index contributed by atoms with van der Waals surface area (Å²) >= 11 is 0. The molecule has 0 aliphatic carbocycles. The lowest BCUT2D eigenvalue weighted by Gasteiger charge is -2.33. The van der Waals surface area contributed by atoms with Crippen molar-refractivity contribution in [2.45, 2.75) is 44.9 Å². The van der Waals surface area contributed by atoms with E-state index in [2.05, 4.69) is 15.4 Å². The molecule has 0 bridgehead atoms. The van der Waals surface area contributed by atoms with Crippen LogP contribution in [-0.4, -0.2) is 36.7 Å². The summed E-state index contributed by atoms with van der Waals surface area (Å²) in [4.78, 5) is 37.5. The zero-order valence-corrected chi connectivity index (χ0v) is 17.5. The molecule has 0 radical (unpaired) electrons. The van der Waals surface area contributed by atoms with Gasteiger partial charge in [-0.2, -0.15) is 0 Å². The highest BCUT2D eigenvalue weighted by Crippen LogP contribution is 2.19. The molecule has 2 aromatic carbocycles. The molecule has 2 rings (SSSR count). The molecule has 0 heterocycles. The standard InChI is InChI=1S/C23H28N2O5/c1-4-23(15-18-11-7-5-8-12-18,21(27)24-17(2)20(26)29-3)25-22(28)30-16-19-13-9-6-10-14-19/h5-14,17H,4,15-16H2,1-3H3,(H,24,27)(H,25,28)/t17-,23+/m0/s1. The molecule has 0 aromatic heterocycles. The maximum Gasteiger partial charge on any atom is 0.408 e. The van der Waals surface area contributed by atoms with Gasteiger partial charge in [-0.25, -0.2) is 9.59 Å². The lowest BCUT2D eigenvalue weighted by molar-refractivity contribution is -0.145. The van der Waals surface area contributed by atoms with Gasteiger partial charge in [0.1, 0.15) is 18.2 Å². The van der Waals surface area contributed by atoms with Crippen molar-refractivity contribution in [1.82, 2.24) is 10.6 Å². The van der Waals surface area contributed by atoms with Crippen LogP contribution in [0.15, 0.2) is 60.7 Å². The van der Waals surface area contributed by atoms with Gasteiger partial charge in [0.05, 0.1) is 7.11 Å². The number of carbonyl (C=O) groups is 3. The number of benzene rings is 2. The van der Waals surface area contributed by atoms with E-state index in [0.717, 1.165) is 11.1 Å². The van der Waals surface area contributed by atoms with Crippen LogP contribution in [0.4, 0.5) is 4.79 Å². The number of nitrogens with one attached hydrogen (secondary N) is 2. The number of hydrogen-bond donors (Lipinski definition) is 2. The molecular weight excluding hydrogens is 384 g/mol. The molecule has 30 heavy (non-hydrogen) atoms. The van der Waals surface area contributed by atoms with Gasteiger partial charge in [-0.3, -0.25) is 4.79 Å². The predicted molar refractivity (Wildman–Crippen MR) is 113 cm³/mol. The van der Waals surface area contributed by atoms with Crippen LogP contribution in [0, 0.1) is 0 Å². The molecule has 2 amide bonds. The van der Waals surface area contributed by atoms with Crippen molar-refractivity contribution in [2.75, 3.05) is 7.11 Å². The van der Waals surface area contributed by atoms with Crippen molar-refractivity contribution in [3.63, 3.8) is 0 Å². The average molecular weight is 412 g/mol. The van der Waals surface area contributed by atoms with E-state index in [1.807, 2.05) is 60.7 Å². The minimum atomic E-state index is -1.29. The Labute approximate surface area is 176 Å². The minimum Gasteiger partial charge on any atom is -0.467 e. The van der Waals surface area contributed by atoms with Gasteiger partial charge in [0.2, 0.25) is 5.91 Å². The number of rotatable bonds is 9. The van der Waals surface area contributed by atoms with Crippen LogP contribution in [0.1, 0.15) is 31.4 Å². The van der Waals surface area contributed by atoms with Crippen LogP contribution in [0.3, 0.4) is 0 Å². The highest BCUT2D eigenvalue weighted by atomic mass is 16.5. The fourth-order valence-corrected chi connectivity index (χ4v) is 3.02. The van der Waals surface area contributed by atoms with Gasteiger partial charge in [0.25, 0.3) is 0 Å². The summed E-state index contributed by atoms with van der Waals surface area (Å²) in [6.07, 6.45) is -0.176. The Morgan fingerprint density at radius 2 is 1.53 bits per heavy atom. The van der Waals surface area contributed by atoms with Gasteiger partial charge in [-0.1, -0.05) is 67.6 Å². The molecule has 0 saturated carbocycles. The van der Waals surface area contributed by atoms with E-state index in [9.17, 15) is 14.4 Å². The van der Waals surface area contributed by atoms with Gasteiger partial charge >= 0.3 is 12.1 Å². The zero-order valence-electron chi connectivity index (χ0n) is 17.5. The van der Waals surface area contributed by atoms with Gasteiger partial charge in [-0.15, -0.1) is 0 Å². The summed E-state index contributed by atoms with van der Waals surface area (Å²) < 4.78 is 10.0. The molecule has 0 unspecified atom stereocenters. The molecule has 160 valence electrons. The van der Waals surface area contributed by atoms with Gasteiger partial charge < -0.3 is 20.1 Å².